The minimum Gasteiger partial charge on any atom is -0.454 e. The molecule has 3 N–H and O–H groups in total. The third-order valence-electron chi connectivity index (χ3n) is 2.58. The predicted octanol–water partition coefficient (Wildman–Crippen LogP) is 1.65. The lowest BCUT2D eigenvalue weighted by Gasteiger charge is -2.02. The number of nitrogens with two attached hydrogens (primary N) is 1. The van der Waals surface area contributed by atoms with E-state index in [4.69, 9.17) is 19.6 Å². The lowest BCUT2D eigenvalue weighted by Crippen LogP contribution is -2.02. The van der Waals surface area contributed by atoms with Crippen molar-refractivity contribution in [3.8, 4) is 11.5 Å². The number of fused-ring (bicyclic) bond motifs is 1. The second kappa shape index (κ2) is 4.58. The maximum atomic E-state index is 5.45. The largest absolute Gasteiger partial charge is 0.454 e. The maximum Gasteiger partial charge on any atom is 0.299 e. The van der Waals surface area contributed by atoms with Crippen molar-refractivity contribution in [1.29, 1.82) is 0 Å². The van der Waals surface area contributed by atoms with E-state index in [1.54, 1.807) is 6.26 Å². The monoisotopic (exact) mass is 247 g/mol. The van der Waals surface area contributed by atoms with Gasteiger partial charge in [0.2, 0.25) is 6.79 Å². The predicted molar refractivity (Wildman–Crippen MR) is 65.1 cm³/mol. The van der Waals surface area contributed by atoms with Crippen LogP contribution < -0.4 is 20.5 Å². The molecule has 0 atom stereocenters. The molecule has 2 heterocycles. The summed E-state index contributed by atoms with van der Waals surface area (Å²) in [4.78, 5) is 4.26. The Balaban J connectivity index is 1.75. The molecule has 3 rings (SSSR count). The third-order valence-corrected chi connectivity index (χ3v) is 2.58. The Morgan fingerprint density at radius 3 is 3.06 bits per heavy atom. The van der Waals surface area contributed by atoms with E-state index in [-0.39, 0.29) is 6.79 Å². The van der Waals surface area contributed by atoms with E-state index in [1.807, 2.05) is 18.2 Å². The molecule has 1 aliphatic rings. The number of anilines is 2. The summed E-state index contributed by atoms with van der Waals surface area (Å²) < 4.78 is 15.8. The van der Waals surface area contributed by atoms with Gasteiger partial charge in [-0.25, -0.2) is 0 Å². The number of oxazole rings is 1. The van der Waals surface area contributed by atoms with Crippen LogP contribution in [0.5, 0.6) is 11.5 Å². The van der Waals surface area contributed by atoms with Crippen molar-refractivity contribution in [2.24, 2.45) is 5.73 Å². The molecule has 1 aromatic carbocycles. The van der Waals surface area contributed by atoms with Gasteiger partial charge in [-0.2, -0.15) is 4.98 Å². The van der Waals surface area contributed by atoms with Gasteiger partial charge in [-0.15, -0.1) is 0 Å². The molecule has 6 heteroatoms. The number of rotatable bonds is 4. The van der Waals surface area contributed by atoms with E-state index >= 15 is 0 Å². The van der Waals surface area contributed by atoms with Gasteiger partial charge in [-0.05, 0) is 18.7 Å². The van der Waals surface area contributed by atoms with E-state index in [1.165, 1.54) is 0 Å². The van der Waals surface area contributed by atoms with Crippen LogP contribution in [0.25, 0.3) is 0 Å². The highest BCUT2D eigenvalue weighted by Gasteiger charge is 2.13. The summed E-state index contributed by atoms with van der Waals surface area (Å²) >= 11 is 0. The highest BCUT2D eigenvalue weighted by atomic mass is 16.7. The topological polar surface area (TPSA) is 82.5 Å². The number of aromatic nitrogens is 1. The fourth-order valence-corrected chi connectivity index (χ4v) is 1.72. The number of ether oxygens (including phenoxy) is 2. The molecule has 0 aliphatic carbocycles. The van der Waals surface area contributed by atoms with Gasteiger partial charge in [0.25, 0.3) is 6.01 Å². The van der Waals surface area contributed by atoms with E-state index in [0.717, 1.165) is 17.1 Å². The number of nitrogens with zero attached hydrogens (tertiary/aromatic N) is 1. The second-order valence-electron chi connectivity index (χ2n) is 3.88. The van der Waals surface area contributed by atoms with E-state index in [2.05, 4.69) is 10.3 Å². The first kappa shape index (κ1) is 10.9. The summed E-state index contributed by atoms with van der Waals surface area (Å²) in [6.07, 6.45) is 2.30. The Morgan fingerprint density at radius 2 is 2.17 bits per heavy atom. The SMILES string of the molecule is NCCc1coc(Nc2ccc3c(c2)OCO3)n1. The molecule has 6 nitrogen and oxygen atoms in total. The number of nitrogens with one attached hydrogen (secondary N) is 1. The van der Waals surface area contributed by atoms with Crippen LogP contribution in [0.2, 0.25) is 0 Å². The molecule has 2 aromatic rings. The van der Waals surface area contributed by atoms with Gasteiger partial charge in [0, 0.05) is 18.2 Å². The molecule has 0 fully saturated rings. The van der Waals surface area contributed by atoms with Gasteiger partial charge in [-0.3, -0.25) is 0 Å². The lowest BCUT2D eigenvalue weighted by atomic mass is 10.3. The Hall–Kier alpha value is -2.21. The smallest absolute Gasteiger partial charge is 0.299 e. The van der Waals surface area contributed by atoms with Gasteiger partial charge in [0.15, 0.2) is 11.5 Å². The van der Waals surface area contributed by atoms with Crippen molar-refractivity contribution >= 4 is 11.7 Å². The van der Waals surface area contributed by atoms with Crippen LogP contribution in [0.1, 0.15) is 5.69 Å². The summed E-state index contributed by atoms with van der Waals surface area (Å²) in [5, 5.41) is 3.06. The lowest BCUT2D eigenvalue weighted by molar-refractivity contribution is 0.174. The summed E-state index contributed by atoms with van der Waals surface area (Å²) in [7, 11) is 0. The molecule has 94 valence electrons. The minimum absolute atomic E-state index is 0.262. The maximum absolute atomic E-state index is 5.45. The number of hydrogen-bond donors (Lipinski definition) is 2. The summed E-state index contributed by atoms with van der Waals surface area (Å²) in [6, 6.07) is 6.00. The zero-order valence-corrected chi connectivity index (χ0v) is 9.68. The Kier molecular flexibility index (Phi) is 2.77. The van der Waals surface area contributed by atoms with E-state index < -0.39 is 0 Å². The van der Waals surface area contributed by atoms with E-state index in [0.29, 0.717) is 24.7 Å². The van der Waals surface area contributed by atoms with Crippen molar-refractivity contribution in [3.05, 3.63) is 30.2 Å². The third kappa shape index (κ3) is 2.10. The van der Waals surface area contributed by atoms with Crippen molar-refractivity contribution in [2.75, 3.05) is 18.7 Å². The van der Waals surface area contributed by atoms with Crippen molar-refractivity contribution in [1.82, 2.24) is 4.98 Å². The fraction of sp³-hybridized carbons (Fsp3) is 0.250. The number of hydrogen-bond acceptors (Lipinski definition) is 6. The van der Waals surface area contributed by atoms with Gasteiger partial charge in [-0.1, -0.05) is 0 Å². The molecular weight excluding hydrogens is 234 g/mol. The van der Waals surface area contributed by atoms with Crippen LogP contribution in [0.4, 0.5) is 11.7 Å². The normalized spacial score (nSPS) is 12.7. The molecule has 0 unspecified atom stereocenters. The molecule has 0 spiro atoms. The Bertz CT molecular complexity index is 553. The van der Waals surface area contributed by atoms with Gasteiger partial charge in [0.1, 0.15) is 6.26 Å². The molecule has 1 aliphatic heterocycles. The highest BCUT2D eigenvalue weighted by Crippen LogP contribution is 2.34. The minimum atomic E-state index is 0.262. The fourth-order valence-electron chi connectivity index (χ4n) is 1.72. The molecule has 1 aromatic heterocycles. The number of benzene rings is 1. The summed E-state index contributed by atoms with van der Waals surface area (Å²) in [5.41, 5.74) is 7.12. The molecular formula is C12H13N3O3. The zero-order valence-electron chi connectivity index (χ0n) is 9.68. The molecule has 18 heavy (non-hydrogen) atoms. The van der Waals surface area contributed by atoms with Crippen LogP contribution in [0.3, 0.4) is 0 Å². The molecule has 0 saturated carbocycles. The van der Waals surface area contributed by atoms with Crippen molar-refractivity contribution in [3.63, 3.8) is 0 Å². The average molecular weight is 247 g/mol. The van der Waals surface area contributed by atoms with Crippen LogP contribution in [0.15, 0.2) is 28.9 Å². The van der Waals surface area contributed by atoms with Crippen molar-refractivity contribution in [2.45, 2.75) is 6.42 Å². The molecule has 0 bridgehead atoms. The summed E-state index contributed by atoms with van der Waals surface area (Å²) in [5.74, 6) is 1.46. The van der Waals surface area contributed by atoms with Crippen molar-refractivity contribution < 1.29 is 13.9 Å². The van der Waals surface area contributed by atoms with Crippen LogP contribution in [0, 0.1) is 0 Å². The second-order valence-corrected chi connectivity index (χ2v) is 3.88. The first-order valence-corrected chi connectivity index (χ1v) is 5.66. The first-order chi connectivity index (χ1) is 8.85. The van der Waals surface area contributed by atoms with Crippen LogP contribution in [-0.2, 0) is 6.42 Å². The van der Waals surface area contributed by atoms with E-state index in [9.17, 15) is 0 Å². The van der Waals surface area contributed by atoms with Gasteiger partial charge in [0.05, 0.1) is 5.69 Å². The van der Waals surface area contributed by atoms with Gasteiger partial charge < -0.3 is 24.9 Å². The highest BCUT2D eigenvalue weighted by molar-refractivity contribution is 5.59. The zero-order chi connectivity index (χ0) is 12.4. The van der Waals surface area contributed by atoms with Crippen LogP contribution in [-0.4, -0.2) is 18.3 Å². The molecule has 0 amide bonds. The average Bonchev–Trinajstić information content (AvgIpc) is 2.98. The van der Waals surface area contributed by atoms with Crippen LogP contribution >= 0.6 is 0 Å². The Labute approximate surface area is 104 Å². The van der Waals surface area contributed by atoms with Gasteiger partial charge >= 0.3 is 0 Å². The quantitative estimate of drug-likeness (QED) is 0.854. The molecule has 0 radical (unpaired) electrons. The summed E-state index contributed by atoms with van der Waals surface area (Å²) in [6.45, 7) is 0.814. The standard InChI is InChI=1S/C12H13N3O3/c13-4-3-9-6-16-12(15-9)14-8-1-2-10-11(5-8)18-7-17-10/h1-2,5-6H,3-4,7,13H2,(H,14,15). The molecule has 0 saturated heterocycles. The first-order valence-electron chi connectivity index (χ1n) is 5.66. The Morgan fingerprint density at radius 1 is 1.28 bits per heavy atom.